The Balaban J connectivity index is 1.90. The van der Waals surface area contributed by atoms with Crippen molar-refractivity contribution in [3.05, 3.63) is 29.8 Å². The molecule has 0 amide bonds. The maximum absolute atomic E-state index is 9.03. The molecule has 0 bridgehead atoms. The second-order valence-electron chi connectivity index (χ2n) is 6.12. The number of hydrogen-bond acceptors (Lipinski definition) is 5. The van der Waals surface area contributed by atoms with Crippen LogP contribution in [0.15, 0.2) is 24.3 Å². The molecule has 0 saturated carbocycles. The molecule has 1 saturated heterocycles. The van der Waals surface area contributed by atoms with E-state index in [2.05, 4.69) is 41.0 Å². The largest absolute Gasteiger partial charge is 0.494 e. The molecule has 2 rings (SSSR count). The van der Waals surface area contributed by atoms with Crippen molar-refractivity contribution in [1.82, 2.24) is 9.80 Å². The average molecular weight is 321 g/mol. The van der Waals surface area contributed by atoms with Crippen LogP contribution in [0.3, 0.4) is 0 Å². The van der Waals surface area contributed by atoms with Crippen LogP contribution in [0.1, 0.15) is 31.4 Å². The fraction of sp³-hybridized carbons (Fsp3) is 0.667. The van der Waals surface area contributed by atoms with E-state index in [1.807, 2.05) is 0 Å². The minimum absolute atomic E-state index is 0.236. The van der Waals surface area contributed by atoms with E-state index in [4.69, 9.17) is 15.6 Å². The third-order valence-corrected chi connectivity index (χ3v) is 4.52. The molecule has 0 radical (unpaired) electrons. The Labute approximate surface area is 140 Å². The Morgan fingerprint density at radius 2 is 1.87 bits per heavy atom. The molecular weight excluding hydrogens is 290 g/mol. The lowest BCUT2D eigenvalue weighted by atomic mass is 10.0. The highest BCUT2D eigenvalue weighted by Crippen LogP contribution is 2.23. The summed E-state index contributed by atoms with van der Waals surface area (Å²) in [5, 5.41) is 9.03. The molecule has 1 atom stereocenters. The first-order valence-electron chi connectivity index (χ1n) is 8.78. The van der Waals surface area contributed by atoms with Crippen molar-refractivity contribution in [1.29, 1.82) is 0 Å². The van der Waals surface area contributed by atoms with E-state index in [1.165, 1.54) is 5.56 Å². The number of piperazine rings is 1. The summed E-state index contributed by atoms with van der Waals surface area (Å²) in [7, 11) is 0. The standard InChI is InChI=1S/C18H31N3O2/c1-2-3-14-23-17-6-4-16(5-7-17)18(15-19)21-10-8-20(9-11-21)12-13-22/h4-7,18,22H,2-3,8-15,19H2,1H3. The lowest BCUT2D eigenvalue weighted by Crippen LogP contribution is -2.49. The van der Waals surface area contributed by atoms with Crippen molar-refractivity contribution >= 4 is 0 Å². The van der Waals surface area contributed by atoms with E-state index in [-0.39, 0.29) is 12.6 Å². The maximum atomic E-state index is 9.03. The van der Waals surface area contributed by atoms with Crippen LogP contribution >= 0.6 is 0 Å². The van der Waals surface area contributed by atoms with E-state index in [0.29, 0.717) is 6.54 Å². The molecule has 3 N–H and O–H groups in total. The van der Waals surface area contributed by atoms with Crippen molar-refractivity contribution in [3.63, 3.8) is 0 Å². The number of nitrogens with zero attached hydrogens (tertiary/aromatic N) is 2. The summed E-state index contributed by atoms with van der Waals surface area (Å²) in [6.45, 7) is 8.56. The molecule has 0 aliphatic carbocycles. The van der Waals surface area contributed by atoms with Crippen LogP contribution in [0.2, 0.25) is 0 Å². The summed E-state index contributed by atoms with van der Waals surface area (Å²) in [6.07, 6.45) is 2.24. The zero-order valence-corrected chi connectivity index (χ0v) is 14.3. The van der Waals surface area contributed by atoms with Crippen LogP contribution in [0.25, 0.3) is 0 Å². The zero-order valence-electron chi connectivity index (χ0n) is 14.3. The third kappa shape index (κ3) is 5.46. The van der Waals surface area contributed by atoms with Gasteiger partial charge in [-0.2, -0.15) is 0 Å². The number of ether oxygens (including phenoxy) is 1. The molecular formula is C18H31N3O2. The monoisotopic (exact) mass is 321 g/mol. The number of aliphatic hydroxyl groups excluding tert-OH is 1. The van der Waals surface area contributed by atoms with Gasteiger partial charge in [0.15, 0.2) is 0 Å². The molecule has 1 aromatic rings. The Bertz CT molecular complexity index is 430. The molecule has 130 valence electrons. The summed E-state index contributed by atoms with van der Waals surface area (Å²) in [5.74, 6) is 0.936. The van der Waals surface area contributed by atoms with E-state index in [0.717, 1.165) is 57.9 Å². The molecule has 0 spiro atoms. The fourth-order valence-corrected chi connectivity index (χ4v) is 3.06. The predicted octanol–water partition coefficient (Wildman–Crippen LogP) is 1.48. The Kier molecular flexibility index (Phi) is 7.82. The van der Waals surface area contributed by atoms with Crippen molar-refractivity contribution in [2.45, 2.75) is 25.8 Å². The molecule has 1 aliphatic heterocycles. The van der Waals surface area contributed by atoms with Gasteiger partial charge in [-0.25, -0.2) is 0 Å². The highest BCUT2D eigenvalue weighted by atomic mass is 16.5. The molecule has 1 aliphatic rings. The number of hydrogen-bond donors (Lipinski definition) is 2. The third-order valence-electron chi connectivity index (χ3n) is 4.52. The van der Waals surface area contributed by atoms with E-state index in [1.54, 1.807) is 0 Å². The smallest absolute Gasteiger partial charge is 0.119 e. The second-order valence-corrected chi connectivity index (χ2v) is 6.12. The summed E-state index contributed by atoms with van der Waals surface area (Å²) in [6, 6.07) is 8.64. The van der Waals surface area contributed by atoms with Gasteiger partial charge < -0.3 is 15.6 Å². The van der Waals surface area contributed by atoms with Gasteiger partial charge in [-0.05, 0) is 24.1 Å². The Morgan fingerprint density at radius 1 is 1.17 bits per heavy atom. The summed E-state index contributed by atoms with van der Waals surface area (Å²) in [4.78, 5) is 4.75. The SMILES string of the molecule is CCCCOc1ccc(C(CN)N2CCN(CCO)CC2)cc1. The lowest BCUT2D eigenvalue weighted by molar-refractivity contribution is 0.0857. The minimum atomic E-state index is 0.236. The number of rotatable bonds is 9. The first kappa shape index (κ1) is 18.2. The van der Waals surface area contributed by atoms with Crippen LogP contribution in [-0.4, -0.2) is 67.4 Å². The van der Waals surface area contributed by atoms with Gasteiger partial charge in [-0.15, -0.1) is 0 Å². The van der Waals surface area contributed by atoms with Gasteiger partial charge in [-0.3, -0.25) is 9.80 Å². The van der Waals surface area contributed by atoms with E-state index < -0.39 is 0 Å². The topological polar surface area (TPSA) is 62.0 Å². The Hall–Kier alpha value is -1.14. The van der Waals surface area contributed by atoms with Crippen LogP contribution in [0, 0.1) is 0 Å². The number of aliphatic hydroxyl groups is 1. The average Bonchev–Trinajstić information content (AvgIpc) is 2.59. The van der Waals surface area contributed by atoms with Crippen LogP contribution in [0.5, 0.6) is 5.75 Å². The molecule has 1 heterocycles. The quantitative estimate of drug-likeness (QED) is 0.675. The van der Waals surface area contributed by atoms with Gasteiger partial charge in [0, 0.05) is 45.3 Å². The molecule has 0 aromatic heterocycles. The van der Waals surface area contributed by atoms with Gasteiger partial charge in [-0.1, -0.05) is 25.5 Å². The second kappa shape index (κ2) is 9.88. The minimum Gasteiger partial charge on any atom is -0.494 e. The lowest BCUT2D eigenvalue weighted by Gasteiger charge is -2.39. The van der Waals surface area contributed by atoms with Gasteiger partial charge in [0.1, 0.15) is 5.75 Å². The number of nitrogens with two attached hydrogens (primary N) is 1. The molecule has 23 heavy (non-hydrogen) atoms. The van der Waals surface area contributed by atoms with Crippen LogP contribution < -0.4 is 10.5 Å². The number of unbranched alkanes of at least 4 members (excludes halogenated alkanes) is 1. The summed E-state index contributed by atoms with van der Waals surface area (Å²) >= 11 is 0. The van der Waals surface area contributed by atoms with Crippen molar-refractivity contribution < 1.29 is 9.84 Å². The molecule has 1 aromatic carbocycles. The molecule has 5 heteroatoms. The predicted molar refractivity (Wildman–Crippen MR) is 93.7 cm³/mol. The van der Waals surface area contributed by atoms with Crippen LogP contribution in [-0.2, 0) is 0 Å². The van der Waals surface area contributed by atoms with E-state index >= 15 is 0 Å². The normalized spacial score (nSPS) is 18.0. The highest BCUT2D eigenvalue weighted by Gasteiger charge is 2.23. The fourth-order valence-electron chi connectivity index (χ4n) is 3.06. The van der Waals surface area contributed by atoms with Crippen molar-refractivity contribution in [2.75, 3.05) is 52.5 Å². The first-order valence-corrected chi connectivity index (χ1v) is 8.78. The zero-order chi connectivity index (χ0) is 16.5. The molecule has 5 nitrogen and oxygen atoms in total. The molecule has 1 fully saturated rings. The highest BCUT2D eigenvalue weighted by molar-refractivity contribution is 5.29. The van der Waals surface area contributed by atoms with Crippen molar-refractivity contribution in [3.8, 4) is 5.75 Å². The van der Waals surface area contributed by atoms with Gasteiger partial charge in [0.2, 0.25) is 0 Å². The number of benzene rings is 1. The van der Waals surface area contributed by atoms with Gasteiger partial charge >= 0.3 is 0 Å². The van der Waals surface area contributed by atoms with Gasteiger partial charge in [0.05, 0.1) is 13.2 Å². The van der Waals surface area contributed by atoms with Crippen LogP contribution in [0.4, 0.5) is 0 Å². The summed E-state index contributed by atoms with van der Waals surface area (Å²) < 4.78 is 5.73. The van der Waals surface area contributed by atoms with Crippen molar-refractivity contribution in [2.24, 2.45) is 5.73 Å². The first-order chi connectivity index (χ1) is 11.3. The maximum Gasteiger partial charge on any atom is 0.119 e. The van der Waals surface area contributed by atoms with Gasteiger partial charge in [0.25, 0.3) is 0 Å². The van der Waals surface area contributed by atoms with E-state index in [9.17, 15) is 0 Å². The summed E-state index contributed by atoms with van der Waals surface area (Å²) in [5.41, 5.74) is 7.29. The Morgan fingerprint density at radius 3 is 2.43 bits per heavy atom. The molecule has 1 unspecified atom stereocenters. The number of β-amino-alcohol motifs (C(OH)–C–C–N with tert-alkyl or cyclic N) is 1.